The lowest BCUT2D eigenvalue weighted by molar-refractivity contribution is -0.137. The lowest BCUT2D eigenvalue weighted by atomic mass is 10.1. The molecule has 0 amide bonds. The molecule has 1 heterocycles. The van der Waals surface area contributed by atoms with Gasteiger partial charge in [0.25, 0.3) is 0 Å². The summed E-state index contributed by atoms with van der Waals surface area (Å²) in [6.07, 6.45) is -4.68. The Morgan fingerprint density at radius 2 is 1.76 bits per heavy atom. The fraction of sp³-hybridized carbons (Fsp3) is 0.235. The van der Waals surface area contributed by atoms with Crippen LogP contribution in [0.3, 0.4) is 0 Å². The Labute approximate surface area is 142 Å². The van der Waals surface area contributed by atoms with E-state index in [9.17, 15) is 21.6 Å². The standard InChI is InChI=1S/C17H14F3NO3S/c1-11-5-7-14(8-6-11)25(22,23)16-15(24-10-21-16)12-3-2-4-13(9-12)17(18,19)20/h2-10,15-16H,1H3. The summed E-state index contributed by atoms with van der Waals surface area (Å²) in [6.45, 7) is 1.82. The Bertz CT molecular complexity index is 905. The highest BCUT2D eigenvalue weighted by atomic mass is 32.2. The molecule has 2 atom stereocenters. The Balaban J connectivity index is 1.98. The highest BCUT2D eigenvalue weighted by molar-refractivity contribution is 7.92. The van der Waals surface area contributed by atoms with Crippen LogP contribution in [-0.4, -0.2) is 20.2 Å². The van der Waals surface area contributed by atoms with Crippen LogP contribution in [0, 0.1) is 6.92 Å². The van der Waals surface area contributed by atoms with Crippen LogP contribution in [0.25, 0.3) is 0 Å². The maximum atomic E-state index is 12.9. The first-order valence-corrected chi connectivity index (χ1v) is 8.89. The third-order valence-electron chi connectivity index (χ3n) is 3.88. The first-order chi connectivity index (χ1) is 11.7. The van der Waals surface area contributed by atoms with Crippen LogP contribution < -0.4 is 0 Å². The van der Waals surface area contributed by atoms with E-state index in [4.69, 9.17) is 4.74 Å². The van der Waals surface area contributed by atoms with E-state index in [1.165, 1.54) is 24.3 Å². The zero-order valence-electron chi connectivity index (χ0n) is 13.1. The van der Waals surface area contributed by atoms with Crippen molar-refractivity contribution in [2.75, 3.05) is 0 Å². The van der Waals surface area contributed by atoms with Crippen molar-refractivity contribution in [1.82, 2.24) is 0 Å². The molecule has 0 saturated carbocycles. The second-order valence-corrected chi connectivity index (χ2v) is 7.73. The van der Waals surface area contributed by atoms with E-state index in [2.05, 4.69) is 4.99 Å². The summed E-state index contributed by atoms with van der Waals surface area (Å²) in [5, 5.41) is -1.33. The van der Waals surface area contributed by atoms with Gasteiger partial charge in [0, 0.05) is 0 Å². The normalized spacial score (nSPS) is 20.5. The number of halogens is 3. The van der Waals surface area contributed by atoms with Crippen LogP contribution in [-0.2, 0) is 20.8 Å². The van der Waals surface area contributed by atoms with Crippen LogP contribution in [0.2, 0.25) is 0 Å². The van der Waals surface area contributed by atoms with Gasteiger partial charge in [0.15, 0.2) is 17.9 Å². The van der Waals surface area contributed by atoms with Gasteiger partial charge in [0.05, 0.1) is 10.5 Å². The van der Waals surface area contributed by atoms with Crippen molar-refractivity contribution in [3.05, 3.63) is 65.2 Å². The molecule has 3 rings (SSSR count). The summed E-state index contributed by atoms with van der Waals surface area (Å²) in [4.78, 5) is 3.88. The molecule has 0 bridgehead atoms. The molecule has 132 valence electrons. The number of aliphatic imine (C=N–C) groups is 1. The molecular formula is C17H14F3NO3S. The summed E-state index contributed by atoms with van der Waals surface area (Å²) >= 11 is 0. The second kappa shape index (κ2) is 6.18. The predicted molar refractivity (Wildman–Crippen MR) is 85.9 cm³/mol. The first kappa shape index (κ1) is 17.5. The van der Waals surface area contributed by atoms with E-state index >= 15 is 0 Å². The van der Waals surface area contributed by atoms with Crippen LogP contribution in [0.5, 0.6) is 0 Å². The molecule has 2 aromatic carbocycles. The predicted octanol–water partition coefficient (Wildman–Crippen LogP) is 3.91. The molecule has 0 radical (unpaired) electrons. The van der Waals surface area contributed by atoms with Crippen LogP contribution in [0.15, 0.2) is 58.4 Å². The molecule has 0 saturated heterocycles. The minimum atomic E-state index is -4.53. The van der Waals surface area contributed by atoms with Crippen molar-refractivity contribution in [2.45, 2.75) is 29.5 Å². The van der Waals surface area contributed by atoms with E-state index in [0.29, 0.717) is 0 Å². The van der Waals surface area contributed by atoms with Crippen molar-refractivity contribution in [2.24, 2.45) is 4.99 Å². The van der Waals surface area contributed by atoms with Crippen molar-refractivity contribution < 1.29 is 26.3 Å². The van der Waals surface area contributed by atoms with E-state index < -0.39 is 33.1 Å². The Morgan fingerprint density at radius 1 is 1.08 bits per heavy atom. The Hall–Kier alpha value is -2.35. The molecule has 0 fully saturated rings. The van der Waals surface area contributed by atoms with Gasteiger partial charge < -0.3 is 4.74 Å². The van der Waals surface area contributed by atoms with Gasteiger partial charge in [-0.1, -0.05) is 29.8 Å². The minimum absolute atomic E-state index is 0.0442. The number of aryl methyl sites for hydroxylation is 1. The average Bonchev–Trinajstić information content (AvgIpc) is 3.05. The third-order valence-corrected chi connectivity index (χ3v) is 5.82. The summed E-state index contributed by atoms with van der Waals surface area (Å²) < 4.78 is 69.5. The van der Waals surface area contributed by atoms with Gasteiger partial charge in [-0.05, 0) is 36.8 Å². The van der Waals surface area contributed by atoms with Crippen molar-refractivity contribution in [3.63, 3.8) is 0 Å². The SMILES string of the molecule is Cc1ccc(S(=O)(=O)C2N=COC2c2cccc(C(F)(F)F)c2)cc1. The number of benzene rings is 2. The third kappa shape index (κ3) is 3.39. The molecule has 0 N–H and O–H groups in total. The number of sulfone groups is 1. The largest absolute Gasteiger partial charge is 0.472 e. The average molecular weight is 369 g/mol. The quantitative estimate of drug-likeness (QED) is 0.824. The number of alkyl halides is 3. The molecule has 4 nitrogen and oxygen atoms in total. The van der Waals surface area contributed by atoms with Crippen LogP contribution >= 0.6 is 0 Å². The number of nitrogens with zero attached hydrogens (tertiary/aromatic N) is 1. The fourth-order valence-electron chi connectivity index (χ4n) is 2.55. The molecule has 0 aliphatic carbocycles. The number of hydrogen-bond acceptors (Lipinski definition) is 4. The minimum Gasteiger partial charge on any atom is -0.472 e. The first-order valence-electron chi connectivity index (χ1n) is 7.34. The zero-order valence-corrected chi connectivity index (χ0v) is 13.9. The highest BCUT2D eigenvalue weighted by Crippen LogP contribution is 2.36. The van der Waals surface area contributed by atoms with Crippen molar-refractivity contribution >= 4 is 16.2 Å². The highest BCUT2D eigenvalue weighted by Gasteiger charge is 2.40. The van der Waals surface area contributed by atoms with Gasteiger partial charge in [-0.25, -0.2) is 13.4 Å². The molecule has 25 heavy (non-hydrogen) atoms. The number of rotatable bonds is 3. The van der Waals surface area contributed by atoms with E-state index in [1.54, 1.807) is 12.1 Å². The molecule has 8 heteroatoms. The topological polar surface area (TPSA) is 55.7 Å². The van der Waals surface area contributed by atoms with Gasteiger partial charge in [0.2, 0.25) is 9.84 Å². The maximum absolute atomic E-state index is 12.9. The Kier molecular flexibility index (Phi) is 4.32. The molecule has 2 unspecified atom stereocenters. The second-order valence-electron chi connectivity index (χ2n) is 5.68. The van der Waals surface area contributed by atoms with Crippen LogP contribution in [0.1, 0.15) is 22.8 Å². The van der Waals surface area contributed by atoms with Crippen molar-refractivity contribution in [3.8, 4) is 0 Å². The van der Waals surface area contributed by atoms with E-state index in [1.807, 2.05) is 6.92 Å². The van der Waals surface area contributed by atoms with E-state index in [0.717, 1.165) is 24.1 Å². The lowest BCUT2D eigenvalue weighted by Gasteiger charge is -2.19. The summed E-state index contributed by atoms with van der Waals surface area (Å²) in [6, 6.07) is 10.6. The van der Waals surface area contributed by atoms with E-state index in [-0.39, 0.29) is 10.5 Å². The van der Waals surface area contributed by atoms with Crippen molar-refractivity contribution in [1.29, 1.82) is 0 Å². The summed E-state index contributed by atoms with van der Waals surface area (Å²) in [5.74, 6) is 0. The monoisotopic (exact) mass is 369 g/mol. The molecule has 2 aromatic rings. The maximum Gasteiger partial charge on any atom is 0.416 e. The van der Waals surface area contributed by atoms with Crippen LogP contribution in [0.4, 0.5) is 13.2 Å². The fourth-order valence-corrected chi connectivity index (χ4v) is 4.10. The smallest absolute Gasteiger partial charge is 0.416 e. The molecular weight excluding hydrogens is 355 g/mol. The lowest BCUT2D eigenvalue weighted by Crippen LogP contribution is -2.25. The van der Waals surface area contributed by atoms with Gasteiger partial charge >= 0.3 is 6.18 Å². The van der Waals surface area contributed by atoms with Gasteiger partial charge in [-0.3, -0.25) is 0 Å². The molecule has 1 aliphatic heterocycles. The molecule has 1 aliphatic rings. The van der Waals surface area contributed by atoms with Gasteiger partial charge in [-0.15, -0.1) is 0 Å². The number of hydrogen-bond donors (Lipinski definition) is 0. The number of ether oxygens (including phenoxy) is 1. The van der Waals surface area contributed by atoms with Gasteiger partial charge in [0.1, 0.15) is 0 Å². The van der Waals surface area contributed by atoms with Gasteiger partial charge in [-0.2, -0.15) is 13.2 Å². The summed E-state index contributed by atoms with van der Waals surface area (Å²) in [7, 11) is -3.91. The summed E-state index contributed by atoms with van der Waals surface area (Å²) in [5.41, 5.74) is 0.125. The zero-order chi connectivity index (χ0) is 18.2. The molecule has 0 aromatic heterocycles. The molecule has 0 spiro atoms. The Morgan fingerprint density at radius 3 is 2.40 bits per heavy atom.